The molecule has 172 valence electrons. The van der Waals surface area contributed by atoms with Crippen molar-refractivity contribution in [3.05, 3.63) is 18.2 Å². The minimum atomic E-state index is -3.82. The zero-order chi connectivity index (χ0) is 22.4. The summed E-state index contributed by atoms with van der Waals surface area (Å²) < 4.78 is 34.0. The highest BCUT2D eigenvalue weighted by molar-refractivity contribution is 7.89. The number of sulfonamides is 1. The van der Waals surface area contributed by atoms with Crippen molar-refractivity contribution in [2.75, 3.05) is 53.0 Å². The number of hydrogen-bond donors (Lipinski definition) is 1. The minimum Gasteiger partial charge on any atom is -0.379 e. The molecular weight excluding hydrogens is 420 g/mol. The summed E-state index contributed by atoms with van der Waals surface area (Å²) in [7, 11) is -2.41. The Hall–Kier alpha value is -2.08. The lowest BCUT2D eigenvalue weighted by Gasteiger charge is -2.26. The molecule has 11 heteroatoms. The van der Waals surface area contributed by atoms with Crippen molar-refractivity contribution in [3.63, 3.8) is 0 Å². The Morgan fingerprint density at radius 3 is 2.77 bits per heavy atom. The summed E-state index contributed by atoms with van der Waals surface area (Å²) in [6.07, 6.45) is 1.70. The number of morpholine rings is 1. The number of benzene rings is 1. The fraction of sp³-hybridized carbons (Fsp3) is 0.650. The third kappa shape index (κ3) is 5.79. The first-order valence-corrected chi connectivity index (χ1v) is 12.1. The fourth-order valence-corrected chi connectivity index (χ4v) is 4.61. The first-order chi connectivity index (χ1) is 14.8. The average molecular weight is 453 g/mol. The molecule has 0 saturated carbocycles. The molecule has 1 N–H and O–H groups in total. The van der Waals surface area contributed by atoms with Gasteiger partial charge in [-0.15, -0.1) is 5.10 Å². The summed E-state index contributed by atoms with van der Waals surface area (Å²) in [5.74, 6) is -0.322. The molecule has 0 spiro atoms. The summed E-state index contributed by atoms with van der Waals surface area (Å²) in [5, 5.41) is 11.1. The van der Waals surface area contributed by atoms with Gasteiger partial charge in [0.25, 0.3) is 0 Å². The molecule has 3 rings (SSSR count). The van der Waals surface area contributed by atoms with E-state index in [-0.39, 0.29) is 23.4 Å². The lowest BCUT2D eigenvalue weighted by Crippen LogP contribution is -2.40. The molecule has 1 saturated heterocycles. The molecule has 1 aliphatic heterocycles. The molecule has 10 nitrogen and oxygen atoms in total. The Balaban J connectivity index is 1.55. The van der Waals surface area contributed by atoms with Crippen molar-refractivity contribution in [1.82, 2.24) is 29.5 Å². The van der Waals surface area contributed by atoms with Crippen LogP contribution in [0.25, 0.3) is 11.0 Å². The molecule has 1 fully saturated rings. The van der Waals surface area contributed by atoms with Crippen molar-refractivity contribution in [3.8, 4) is 0 Å². The largest absolute Gasteiger partial charge is 0.379 e. The lowest BCUT2D eigenvalue weighted by molar-refractivity contribution is -0.121. The number of rotatable bonds is 10. The maximum Gasteiger partial charge on any atom is 0.243 e. The summed E-state index contributed by atoms with van der Waals surface area (Å²) in [6.45, 7) is 8.55. The number of hydrogen-bond acceptors (Lipinski definition) is 7. The van der Waals surface area contributed by atoms with E-state index in [9.17, 15) is 13.2 Å². The smallest absolute Gasteiger partial charge is 0.243 e. The normalized spacial score (nSPS) is 16.6. The number of aromatic nitrogens is 3. The second-order valence-corrected chi connectivity index (χ2v) is 9.91. The molecule has 2 aromatic rings. The number of amides is 1. The number of ether oxygens (including phenoxy) is 1. The molecule has 1 amide bonds. The molecular formula is C20H32N6O4S. The average Bonchev–Trinajstić information content (AvgIpc) is 3.20. The van der Waals surface area contributed by atoms with Crippen molar-refractivity contribution in [2.24, 2.45) is 0 Å². The van der Waals surface area contributed by atoms with Crippen LogP contribution in [0.4, 0.5) is 0 Å². The van der Waals surface area contributed by atoms with Crippen molar-refractivity contribution in [2.45, 2.75) is 37.6 Å². The Bertz CT molecular complexity index is 987. The minimum absolute atomic E-state index is 0.0961. The van der Waals surface area contributed by atoms with Gasteiger partial charge in [0.15, 0.2) is 0 Å². The Labute approximate surface area is 183 Å². The predicted octanol–water partition coefficient (Wildman–Crippen LogP) is 0.861. The predicted molar refractivity (Wildman–Crippen MR) is 117 cm³/mol. The van der Waals surface area contributed by atoms with Gasteiger partial charge in [-0.25, -0.2) is 13.1 Å². The number of carbonyl (C=O) groups excluding carboxylic acids is 1. The van der Waals surface area contributed by atoms with E-state index >= 15 is 0 Å². The Morgan fingerprint density at radius 2 is 2.06 bits per heavy atom. The van der Waals surface area contributed by atoms with Crippen molar-refractivity contribution >= 4 is 27.0 Å². The molecule has 0 unspecified atom stereocenters. The van der Waals surface area contributed by atoms with Gasteiger partial charge < -0.3 is 10.1 Å². The van der Waals surface area contributed by atoms with Gasteiger partial charge in [0.2, 0.25) is 15.9 Å². The van der Waals surface area contributed by atoms with Crippen LogP contribution < -0.4 is 5.32 Å². The van der Waals surface area contributed by atoms with Crippen LogP contribution in [-0.2, 0) is 19.6 Å². The Morgan fingerprint density at radius 1 is 1.32 bits per heavy atom. The maximum atomic E-state index is 12.9. The second kappa shape index (κ2) is 10.5. The van der Waals surface area contributed by atoms with E-state index in [1.54, 1.807) is 10.7 Å². The number of likely N-dealkylation sites (N-methyl/N-ethyl adjacent to an activating group) is 1. The molecule has 2 heterocycles. The number of fused-ring (bicyclic) bond motifs is 1. The van der Waals surface area contributed by atoms with E-state index in [4.69, 9.17) is 4.74 Å². The third-order valence-corrected chi connectivity index (χ3v) is 7.40. The van der Waals surface area contributed by atoms with Gasteiger partial charge in [-0.05, 0) is 44.5 Å². The van der Waals surface area contributed by atoms with Crippen LogP contribution in [0.15, 0.2) is 23.1 Å². The van der Waals surface area contributed by atoms with Gasteiger partial charge in [0.1, 0.15) is 5.52 Å². The van der Waals surface area contributed by atoms with E-state index in [0.717, 1.165) is 55.5 Å². The van der Waals surface area contributed by atoms with Crippen LogP contribution in [-0.4, -0.2) is 91.5 Å². The summed E-state index contributed by atoms with van der Waals surface area (Å²) in [4.78, 5) is 14.6. The fourth-order valence-electron chi connectivity index (χ4n) is 3.46. The Kier molecular flexibility index (Phi) is 7.98. The zero-order valence-electron chi connectivity index (χ0n) is 18.5. The van der Waals surface area contributed by atoms with E-state index in [0.29, 0.717) is 12.1 Å². The quantitative estimate of drug-likeness (QED) is 0.533. The molecule has 1 aliphatic rings. The highest BCUT2D eigenvalue weighted by Crippen LogP contribution is 2.22. The summed E-state index contributed by atoms with van der Waals surface area (Å²) in [6, 6.07) is 4.93. The van der Waals surface area contributed by atoms with Crippen LogP contribution >= 0.6 is 0 Å². The van der Waals surface area contributed by atoms with E-state index < -0.39 is 10.0 Å². The first-order valence-electron chi connectivity index (χ1n) is 10.7. The standard InChI is InChI=1S/C20H32N6O4S/c1-4-16(2)26-19-7-6-17(14-18(19)22-23-26)31(28,29)24(3)15-20(27)21-8-5-9-25-10-12-30-13-11-25/h6-7,14,16H,4-5,8-13,15H2,1-3H3,(H,21,27)/t16-/m1/s1. The van der Waals surface area contributed by atoms with Crippen LogP contribution in [0, 0.1) is 0 Å². The summed E-state index contributed by atoms with van der Waals surface area (Å²) >= 11 is 0. The van der Waals surface area contributed by atoms with E-state index in [1.165, 1.54) is 19.2 Å². The SMILES string of the molecule is CC[C@@H](C)n1nnc2cc(S(=O)(=O)N(C)CC(=O)NCCCN3CCOCC3)ccc21. The number of carbonyl (C=O) groups is 1. The van der Waals surface area contributed by atoms with E-state index in [1.807, 2.05) is 6.92 Å². The van der Waals surface area contributed by atoms with Crippen molar-refractivity contribution in [1.29, 1.82) is 0 Å². The van der Waals surface area contributed by atoms with Crippen LogP contribution in [0.1, 0.15) is 32.7 Å². The van der Waals surface area contributed by atoms with Crippen LogP contribution in [0.5, 0.6) is 0 Å². The monoisotopic (exact) mass is 452 g/mol. The van der Waals surface area contributed by atoms with Gasteiger partial charge >= 0.3 is 0 Å². The summed E-state index contributed by atoms with van der Waals surface area (Å²) in [5.41, 5.74) is 1.30. The lowest BCUT2D eigenvalue weighted by atomic mass is 10.2. The molecule has 1 aromatic carbocycles. The molecule has 0 radical (unpaired) electrons. The highest BCUT2D eigenvalue weighted by atomic mass is 32.2. The molecule has 1 aromatic heterocycles. The topological polar surface area (TPSA) is 110 Å². The second-order valence-electron chi connectivity index (χ2n) is 7.86. The third-order valence-electron chi connectivity index (χ3n) is 5.60. The maximum absolute atomic E-state index is 12.9. The van der Waals surface area contributed by atoms with Gasteiger partial charge in [0, 0.05) is 26.7 Å². The number of nitrogens with zero attached hydrogens (tertiary/aromatic N) is 5. The highest BCUT2D eigenvalue weighted by Gasteiger charge is 2.24. The van der Waals surface area contributed by atoms with Crippen LogP contribution in [0.2, 0.25) is 0 Å². The molecule has 0 aliphatic carbocycles. The van der Waals surface area contributed by atoms with Gasteiger partial charge in [-0.1, -0.05) is 12.1 Å². The molecule has 1 atom stereocenters. The first kappa shape index (κ1) is 23.6. The van der Waals surface area contributed by atoms with Gasteiger partial charge in [0.05, 0.1) is 36.2 Å². The van der Waals surface area contributed by atoms with Crippen LogP contribution in [0.3, 0.4) is 0 Å². The van der Waals surface area contributed by atoms with Crippen molar-refractivity contribution < 1.29 is 17.9 Å². The molecule has 0 bridgehead atoms. The van der Waals surface area contributed by atoms with Gasteiger partial charge in [-0.2, -0.15) is 4.31 Å². The van der Waals surface area contributed by atoms with Gasteiger partial charge in [-0.3, -0.25) is 9.69 Å². The number of nitrogens with one attached hydrogen (secondary N) is 1. The molecule has 31 heavy (non-hydrogen) atoms. The van der Waals surface area contributed by atoms with E-state index in [2.05, 4.69) is 27.5 Å². The zero-order valence-corrected chi connectivity index (χ0v) is 19.3.